The van der Waals surface area contributed by atoms with Crippen LogP contribution in [0, 0.1) is 3.57 Å². The van der Waals surface area contributed by atoms with E-state index in [9.17, 15) is 22.0 Å². The lowest BCUT2D eigenvalue weighted by Crippen LogP contribution is -2.11. The maximum Gasteiger partial charge on any atom is 0.433 e. The number of aromatic nitrogens is 1. The maximum atomic E-state index is 12.3. The van der Waals surface area contributed by atoms with Gasteiger partial charge in [0.05, 0.1) is 8.59 Å². The van der Waals surface area contributed by atoms with Gasteiger partial charge in [-0.15, -0.1) is 0 Å². The van der Waals surface area contributed by atoms with Crippen LogP contribution < -0.4 is 0 Å². The first-order chi connectivity index (χ1) is 6.73. The zero-order chi connectivity index (χ0) is 11.8. The van der Waals surface area contributed by atoms with Gasteiger partial charge in [0.2, 0.25) is 0 Å². The first-order valence-electron chi connectivity index (χ1n) is 3.44. The summed E-state index contributed by atoms with van der Waals surface area (Å²) >= 11 is 6.81. The summed E-state index contributed by atoms with van der Waals surface area (Å²) in [6.45, 7) is 0. The molecule has 0 amide bonds. The summed E-state index contributed by atoms with van der Waals surface area (Å²) in [5, 5.41) is -0.381. The smallest absolute Gasteiger partial charge is 0.241 e. The van der Waals surface area contributed by atoms with E-state index in [-0.39, 0.29) is 8.59 Å². The molecule has 1 heterocycles. The van der Waals surface area contributed by atoms with Crippen molar-refractivity contribution >= 4 is 34.2 Å². The minimum atomic E-state index is -4.78. The molecule has 0 radical (unpaired) electrons. The van der Waals surface area contributed by atoms with Gasteiger partial charge in [-0.2, -0.15) is 13.2 Å². The molecule has 0 aromatic carbocycles. The number of halogens is 7. The van der Waals surface area contributed by atoms with E-state index >= 15 is 0 Å². The molecule has 1 aromatic heterocycles. The highest BCUT2D eigenvalue weighted by Gasteiger charge is 2.34. The Morgan fingerprint density at radius 3 is 2.27 bits per heavy atom. The third-order valence-corrected chi connectivity index (χ3v) is 3.19. The minimum absolute atomic E-state index is 0.169. The summed E-state index contributed by atoms with van der Waals surface area (Å²) in [5.41, 5.74) is -2.36. The molecule has 0 fully saturated rings. The molecule has 84 valence electrons. The Morgan fingerprint density at radius 1 is 1.33 bits per heavy atom. The average molecular weight is 357 g/mol. The van der Waals surface area contributed by atoms with Crippen LogP contribution >= 0.6 is 34.2 Å². The predicted molar refractivity (Wildman–Crippen MR) is 51.9 cm³/mol. The number of nitrogens with zero attached hydrogens (tertiary/aromatic N) is 1. The highest BCUT2D eigenvalue weighted by Crippen LogP contribution is 2.34. The lowest BCUT2D eigenvalue weighted by molar-refractivity contribution is -0.141. The quantitative estimate of drug-likeness (QED) is 0.540. The standard InChI is InChI=1S/C7H2ClF5IN/c8-2-1-3(7(11,12)13)15-5(4(2)14)6(9)10/h1,6H. The zero-order valence-electron chi connectivity index (χ0n) is 6.75. The molecule has 0 spiro atoms. The number of pyridine rings is 1. The Bertz CT molecular complexity index is 378. The summed E-state index contributed by atoms with van der Waals surface area (Å²) in [6, 6.07) is 0.523. The van der Waals surface area contributed by atoms with Crippen molar-refractivity contribution in [3.63, 3.8) is 0 Å². The van der Waals surface area contributed by atoms with Crippen molar-refractivity contribution in [2.45, 2.75) is 12.6 Å². The average Bonchev–Trinajstić information content (AvgIpc) is 2.06. The Hall–Kier alpha value is -0.180. The number of alkyl halides is 5. The number of hydrogen-bond acceptors (Lipinski definition) is 1. The van der Waals surface area contributed by atoms with Crippen LogP contribution in [-0.2, 0) is 6.18 Å². The van der Waals surface area contributed by atoms with Gasteiger partial charge in [0, 0.05) is 0 Å². The fraction of sp³-hybridized carbons (Fsp3) is 0.286. The summed E-state index contributed by atoms with van der Waals surface area (Å²) in [4.78, 5) is 2.84. The van der Waals surface area contributed by atoms with Gasteiger partial charge in [-0.3, -0.25) is 0 Å². The van der Waals surface area contributed by atoms with Gasteiger partial charge in [-0.25, -0.2) is 13.8 Å². The Kier molecular flexibility index (Phi) is 3.75. The van der Waals surface area contributed by atoms with E-state index in [0.717, 1.165) is 0 Å². The van der Waals surface area contributed by atoms with Crippen LogP contribution in [0.25, 0.3) is 0 Å². The molecule has 1 aromatic rings. The largest absolute Gasteiger partial charge is 0.433 e. The monoisotopic (exact) mass is 357 g/mol. The van der Waals surface area contributed by atoms with Crippen molar-refractivity contribution in [1.29, 1.82) is 0 Å². The molecule has 1 nitrogen and oxygen atoms in total. The molecule has 0 saturated carbocycles. The highest BCUT2D eigenvalue weighted by atomic mass is 127. The van der Waals surface area contributed by atoms with E-state index in [0.29, 0.717) is 6.07 Å². The van der Waals surface area contributed by atoms with Crippen molar-refractivity contribution in [3.8, 4) is 0 Å². The van der Waals surface area contributed by atoms with Crippen LogP contribution in [0.4, 0.5) is 22.0 Å². The van der Waals surface area contributed by atoms with Gasteiger partial charge in [-0.05, 0) is 28.7 Å². The van der Waals surface area contributed by atoms with E-state index in [1.165, 1.54) is 22.6 Å². The normalized spacial score (nSPS) is 12.3. The van der Waals surface area contributed by atoms with Crippen molar-refractivity contribution in [3.05, 3.63) is 26.0 Å². The number of rotatable bonds is 1. The van der Waals surface area contributed by atoms with Gasteiger partial charge in [-0.1, -0.05) is 11.6 Å². The van der Waals surface area contributed by atoms with Crippen molar-refractivity contribution in [2.24, 2.45) is 0 Å². The molecule has 0 aliphatic heterocycles. The van der Waals surface area contributed by atoms with Gasteiger partial charge in [0.1, 0.15) is 11.4 Å². The Labute approximate surface area is 99.8 Å². The van der Waals surface area contributed by atoms with E-state index < -0.39 is 24.0 Å². The third kappa shape index (κ3) is 2.90. The lowest BCUT2D eigenvalue weighted by atomic mass is 10.3. The molecule has 15 heavy (non-hydrogen) atoms. The molecule has 0 saturated heterocycles. The molecule has 8 heteroatoms. The topological polar surface area (TPSA) is 12.9 Å². The van der Waals surface area contributed by atoms with E-state index in [1.807, 2.05) is 0 Å². The SMILES string of the molecule is FC(F)c1nc(C(F)(F)F)cc(Cl)c1I. The van der Waals surface area contributed by atoms with Gasteiger partial charge >= 0.3 is 6.18 Å². The number of hydrogen-bond donors (Lipinski definition) is 0. The Balaban J connectivity index is 3.36. The summed E-state index contributed by atoms with van der Waals surface area (Å²) in [7, 11) is 0. The fourth-order valence-electron chi connectivity index (χ4n) is 0.807. The molecule has 0 aliphatic carbocycles. The van der Waals surface area contributed by atoms with Crippen LogP contribution in [-0.4, -0.2) is 4.98 Å². The van der Waals surface area contributed by atoms with Crippen LogP contribution in [0.15, 0.2) is 6.07 Å². The Morgan fingerprint density at radius 2 is 1.87 bits per heavy atom. The van der Waals surface area contributed by atoms with Crippen molar-refractivity contribution < 1.29 is 22.0 Å². The second kappa shape index (κ2) is 4.36. The van der Waals surface area contributed by atoms with Gasteiger partial charge < -0.3 is 0 Å². The fourth-order valence-corrected chi connectivity index (χ4v) is 1.52. The molecule has 0 aliphatic rings. The van der Waals surface area contributed by atoms with E-state index in [2.05, 4.69) is 4.98 Å². The molecular weight excluding hydrogens is 355 g/mol. The first kappa shape index (κ1) is 12.9. The second-order valence-electron chi connectivity index (χ2n) is 2.49. The predicted octanol–water partition coefficient (Wildman–Crippen LogP) is 4.30. The molecule has 0 unspecified atom stereocenters. The van der Waals surface area contributed by atoms with Crippen molar-refractivity contribution in [2.75, 3.05) is 0 Å². The van der Waals surface area contributed by atoms with Crippen LogP contribution in [0.5, 0.6) is 0 Å². The molecule has 0 N–H and O–H groups in total. The van der Waals surface area contributed by atoms with Gasteiger partial charge in [0.25, 0.3) is 6.43 Å². The highest BCUT2D eigenvalue weighted by molar-refractivity contribution is 14.1. The summed E-state index contributed by atoms with van der Waals surface area (Å²) < 4.78 is 60.9. The summed E-state index contributed by atoms with van der Waals surface area (Å²) in [5.74, 6) is 0. The summed E-state index contributed by atoms with van der Waals surface area (Å²) in [6.07, 6.45) is -7.87. The zero-order valence-corrected chi connectivity index (χ0v) is 9.66. The first-order valence-corrected chi connectivity index (χ1v) is 4.90. The van der Waals surface area contributed by atoms with Crippen LogP contribution in [0.2, 0.25) is 5.02 Å². The van der Waals surface area contributed by atoms with Gasteiger partial charge in [0.15, 0.2) is 0 Å². The minimum Gasteiger partial charge on any atom is -0.241 e. The maximum absolute atomic E-state index is 12.3. The molecule has 0 bridgehead atoms. The van der Waals surface area contributed by atoms with E-state index in [1.54, 1.807) is 0 Å². The van der Waals surface area contributed by atoms with Crippen LogP contribution in [0.1, 0.15) is 17.8 Å². The third-order valence-electron chi connectivity index (χ3n) is 1.44. The molecule has 0 atom stereocenters. The molecular formula is C7H2ClF5IN. The van der Waals surface area contributed by atoms with Crippen molar-refractivity contribution in [1.82, 2.24) is 4.98 Å². The second-order valence-corrected chi connectivity index (χ2v) is 3.97. The molecule has 1 rings (SSSR count). The van der Waals surface area contributed by atoms with E-state index in [4.69, 9.17) is 11.6 Å². The van der Waals surface area contributed by atoms with Crippen LogP contribution in [0.3, 0.4) is 0 Å². The lowest BCUT2D eigenvalue weighted by Gasteiger charge is -2.10.